The number of hydrogen-bond donors (Lipinski definition) is 4. The lowest BCUT2D eigenvalue weighted by atomic mass is 10.1. The fourth-order valence-corrected chi connectivity index (χ4v) is 4.21. The fourth-order valence-electron chi connectivity index (χ4n) is 4.02. The molecule has 4 amide bonds. The summed E-state index contributed by atoms with van der Waals surface area (Å²) in [5.41, 5.74) is 1.72. The molecule has 196 valence electrons. The lowest BCUT2D eigenvalue weighted by molar-refractivity contribution is -0.137. The van der Waals surface area contributed by atoms with Gasteiger partial charge in [0.2, 0.25) is 11.8 Å². The molecule has 0 spiro atoms. The van der Waals surface area contributed by atoms with Crippen molar-refractivity contribution in [2.75, 3.05) is 18.9 Å². The Morgan fingerprint density at radius 1 is 1.27 bits per heavy atom. The summed E-state index contributed by atoms with van der Waals surface area (Å²) in [6.45, 7) is 1.20. The molecule has 12 heteroatoms. The van der Waals surface area contributed by atoms with Crippen LogP contribution in [0.25, 0.3) is 10.9 Å². The van der Waals surface area contributed by atoms with Crippen molar-refractivity contribution in [2.24, 2.45) is 0 Å². The molecule has 37 heavy (non-hydrogen) atoms. The standard InChI is InChI=1S/C25H28ClFN6O4/c1-14(34)24-18-10-16(30-25(37)28-2)6-9-20(18)33(31-24)13-22(36)32(17-7-8-17)12-21(35)29-11-15-4-3-5-19(26)23(15)27/h3-6,9-10,14,17,34H,7-8,11-13H2,1-2H3,(H,29,35)(H2,28,30,37). The van der Waals surface area contributed by atoms with Crippen molar-refractivity contribution in [2.45, 2.75) is 45.0 Å². The molecular formula is C25H28ClFN6O4. The van der Waals surface area contributed by atoms with Crippen LogP contribution in [0.15, 0.2) is 36.4 Å². The van der Waals surface area contributed by atoms with E-state index in [1.807, 2.05) is 0 Å². The minimum Gasteiger partial charge on any atom is -0.387 e. The molecule has 4 rings (SSSR count). The quantitative estimate of drug-likeness (QED) is 0.338. The summed E-state index contributed by atoms with van der Waals surface area (Å²) in [4.78, 5) is 39.0. The average molecular weight is 531 g/mol. The van der Waals surface area contributed by atoms with E-state index in [4.69, 9.17) is 11.6 Å². The highest BCUT2D eigenvalue weighted by atomic mass is 35.5. The molecule has 0 bridgehead atoms. The molecule has 1 aromatic heterocycles. The zero-order chi connectivity index (χ0) is 26.7. The normalized spacial score (nSPS) is 13.8. The Bertz CT molecular complexity index is 1340. The average Bonchev–Trinajstić information content (AvgIpc) is 3.65. The van der Waals surface area contributed by atoms with Gasteiger partial charge in [-0.1, -0.05) is 23.7 Å². The third-order valence-corrected chi connectivity index (χ3v) is 6.37. The van der Waals surface area contributed by atoms with Gasteiger partial charge in [0.1, 0.15) is 12.4 Å². The Morgan fingerprint density at radius 3 is 2.70 bits per heavy atom. The number of benzene rings is 2. The van der Waals surface area contributed by atoms with Crippen LogP contribution >= 0.6 is 11.6 Å². The van der Waals surface area contributed by atoms with Crippen molar-refractivity contribution in [3.63, 3.8) is 0 Å². The van der Waals surface area contributed by atoms with Crippen LogP contribution in [0, 0.1) is 5.82 Å². The Balaban J connectivity index is 1.48. The number of halogens is 2. The van der Waals surface area contributed by atoms with E-state index in [-0.39, 0.29) is 42.2 Å². The van der Waals surface area contributed by atoms with Crippen molar-refractivity contribution < 1.29 is 23.9 Å². The molecule has 1 aliphatic rings. The number of fused-ring (bicyclic) bond motifs is 1. The monoisotopic (exact) mass is 530 g/mol. The van der Waals surface area contributed by atoms with E-state index in [2.05, 4.69) is 21.0 Å². The lowest BCUT2D eigenvalue weighted by Gasteiger charge is -2.22. The number of anilines is 1. The molecule has 1 fully saturated rings. The number of hydrogen-bond acceptors (Lipinski definition) is 5. The Hall–Kier alpha value is -3.70. The third-order valence-electron chi connectivity index (χ3n) is 6.07. The number of carbonyl (C=O) groups excluding carboxylic acids is 3. The molecule has 0 aliphatic heterocycles. The largest absolute Gasteiger partial charge is 0.387 e. The summed E-state index contributed by atoms with van der Waals surface area (Å²) in [6, 6.07) is 9.18. The van der Waals surface area contributed by atoms with Gasteiger partial charge in [0.05, 0.1) is 28.9 Å². The van der Waals surface area contributed by atoms with Crippen LogP contribution in [0.2, 0.25) is 5.02 Å². The van der Waals surface area contributed by atoms with E-state index in [1.165, 1.54) is 28.8 Å². The first kappa shape index (κ1) is 26.4. The highest BCUT2D eigenvalue weighted by molar-refractivity contribution is 6.30. The second kappa shape index (κ2) is 11.1. The Labute approximate surface area is 217 Å². The summed E-state index contributed by atoms with van der Waals surface area (Å²) >= 11 is 5.80. The summed E-state index contributed by atoms with van der Waals surface area (Å²) < 4.78 is 15.6. The first-order valence-corrected chi connectivity index (χ1v) is 12.2. The molecule has 1 aliphatic carbocycles. The van der Waals surface area contributed by atoms with Gasteiger partial charge >= 0.3 is 6.03 Å². The van der Waals surface area contributed by atoms with E-state index in [0.717, 1.165) is 12.8 Å². The number of urea groups is 1. The highest BCUT2D eigenvalue weighted by Crippen LogP contribution is 2.29. The number of rotatable bonds is 9. The van der Waals surface area contributed by atoms with Crippen molar-refractivity contribution in [3.8, 4) is 0 Å². The fraction of sp³-hybridized carbons (Fsp3) is 0.360. The summed E-state index contributed by atoms with van der Waals surface area (Å²) in [6.07, 6.45) is 0.663. The van der Waals surface area contributed by atoms with E-state index < -0.39 is 23.9 Å². The smallest absolute Gasteiger partial charge is 0.318 e. The summed E-state index contributed by atoms with van der Waals surface area (Å²) in [5.74, 6) is -1.31. The van der Waals surface area contributed by atoms with E-state index in [1.54, 1.807) is 31.2 Å². The molecule has 4 N–H and O–H groups in total. The number of aliphatic hydroxyl groups excluding tert-OH is 1. The highest BCUT2D eigenvalue weighted by Gasteiger charge is 2.34. The van der Waals surface area contributed by atoms with E-state index >= 15 is 0 Å². The summed E-state index contributed by atoms with van der Waals surface area (Å²) in [7, 11) is 1.50. The van der Waals surface area contributed by atoms with Crippen molar-refractivity contribution in [3.05, 3.63) is 58.5 Å². The molecule has 0 saturated heterocycles. The molecule has 10 nitrogen and oxygen atoms in total. The minimum atomic E-state index is -0.911. The molecular weight excluding hydrogens is 503 g/mol. The van der Waals surface area contributed by atoms with Crippen LogP contribution in [-0.4, -0.2) is 57.3 Å². The van der Waals surface area contributed by atoms with Crippen LogP contribution in [0.4, 0.5) is 14.9 Å². The molecule has 3 aromatic rings. The number of aromatic nitrogens is 2. The second-order valence-electron chi connectivity index (χ2n) is 8.90. The predicted molar refractivity (Wildman–Crippen MR) is 136 cm³/mol. The second-order valence-corrected chi connectivity index (χ2v) is 9.30. The van der Waals surface area contributed by atoms with Gasteiger partial charge in [-0.3, -0.25) is 14.3 Å². The summed E-state index contributed by atoms with van der Waals surface area (Å²) in [5, 5.41) is 23.0. The predicted octanol–water partition coefficient (Wildman–Crippen LogP) is 2.94. The molecule has 0 radical (unpaired) electrons. The Kier molecular flexibility index (Phi) is 7.94. The Morgan fingerprint density at radius 2 is 2.03 bits per heavy atom. The number of nitrogens with zero attached hydrogens (tertiary/aromatic N) is 3. The SMILES string of the molecule is CNC(=O)Nc1ccc2c(c1)c(C(C)O)nn2CC(=O)N(CC(=O)NCc1cccc(Cl)c1F)C1CC1. The number of nitrogens with one attached hydrogen (secondary N) is 3. The van der Waals surface area contributed by atoms with Crippen molar-refractivity contribution in [1.82, 2.24) is 25.3 Å². The maximum Gasteiger partial charge on any atom is 0.318 e. The topological polar surface area (TPSA) is 129 Å². The number of amides is 4. The van der Waals surface area contributed by atoms with Crippen LogP contribution < -0.4 is 16.0 Å². The van der Waals surface area contributed by atoms with Crippen molar-refractivity contribution in [1.29, 1.82) is 0 Å². The lowest BCUT2D eigenvalue weighted by Crippen LogP contribution is -2.43. The minimum absolute atomic E-state index is 0.0268. The first-order chi connectivity index (χ1) is 17.7. The van der Waals surface area contributed by atoms with Gasteiger partial charge in [-0.2, -0.15) is 5.10 Å². The number of carbonyl (C=O) groups is 3. The van der Waals surface area contributed by atoms with E-state index in [0.29, 0.717) is 22.3 Å². The van der Waals surface area contributed by atoms with Crippen LogP contribution in [0.5, 0.6) is 0 Å². The van der Waals surface area contributed by atoms with Crippen LogP contribution in [-0.2, 0) is 22.7 Å². The van der Waals surface area contributed by atoms with E-state index in [9.17, 15) is 23.9 Å². The third kappa shape index (κ3) is 6.17. The van der Waals surface area contributed by atoms with Crippen LogP contribution in [0.3, 0.4) is 0 Å². The zero-order valence-electron chi connectivity index (χ0n) is 20.4. The molecule has 1 heterocycles. The van der Waals surface area contributed by atoms with Gasteiger partial charge in [-0.05, 0) is 44.0 Å². The molecule has 1 atom stereocenters. The molecule has 2 aromatic carbocycles. The van der Waals surface area contributed by atoms with Crippen molar-refractivity contribution >= 4 is 46.0 Å². The van der Waals surface area contributed by atoms with Gasteiger partial charge < -0.3 is 26.0 Å². The maximum atomic E-state index is 14.1. The first-order valence-electron chi connectivity index (χ1n) is 11.8. The molecule has 1 saturated carbocycles. The van der Waals surface area contributed by atoms with Gasteiger partial charge in [0.25, 0.3) is 0 Å². The maximum absolute atomic E-state index is 14.1. The van der Waals surface area contributed by atoms with Gasteiger partial charge in [-0.15, -0.1) is 0 Å². The number of aliphatic hydroxyl groups is 1. The van der Waals surface area contributed by atoms with Gasteiger partial charge in [0.15, 0.2) is 0 Å². The zero-order valence-corrected chi connectivity index (χ0v) is 21.2. The van der Waals surface area contributed by atoms with Crippen LogP contribution in [0.1, 0.15) is 37.1 Å². The molecule has 1 unspecified atom stereocenters. The van der Waals surface area contributed by atoms with Gasteiger partial charge in [0, 0.05) is 36.3 Å². The van der Waals surface area contributed by atoms with Gasteiger partial charge in [-0.25, -0.2) is 9.18 Å².